The van der Waals surface area contributed by atoms with Crippen molar-refractivity contribution in [2.24, 2.45) is 0 Å². The van der Waals surface area contributed by atoms with Crippen LogP contribution in [0.2, 0.25) is 0 Å². The Kier molecular flexibility index (Phi) is 6.36. The standard InChI is InChI=1S/C20H21N3O5/c24-17(8-9-21-20(27)28-11-13-4-2-1-3-5-13)18(25)14-6-7-15-16(10-14)22-12-23-19(15)26/h1-7,10,12,17-18,24-25H,8-9,11H2,(H,21,27)(H,22,23,26). The van der Waals surface area contributed by atoms with E-state index in [2.05, 4.69) is 15.3 Å². The van der Waals surface area contributed by atoms with Gasteiger partial charge < -0.3 is 25.3 Å². The van der Waals surface area contributed by atoms with Crippen molar-refractivity contribution in [1.82, 2.24) is 15.3 Å². The third kappa shape index (κ3) is 4.93. The predicted molar refractivity (Wildman–Crippen MR) is 103 cm³/mol. The number of nitrogens with zero attached hydrogens (tertiary/aromatic N) is 1. The molecule has 2 atom stereocenters. The summed E-state index contributed by atoms with van der Waals surface area (Å²) in [7, 11) is 0. The number of aliphatic hydroxyl groups excluding tert-OH is 2. The number of carbonyl (C=O) groups excluding carboxylic acids is 1. The average Bonchev–Trinajstić information content (AvgIpc) is 2.72. The molecule has 2 aromatic carbocycles. The predicted octanol–water partition coefficient (Wildman–Crippen LogP) is 1.63. The number of amides is 1. The van der Waals surface area contributed by atoms with Crippen LogP contribution in [0.15, 0.2) is 59.7 Å². The maximum absolute atomic E-state index is 11.7. The van der Waals surface area contributed by atoms with E-state index < -0.39 is 18.3 Å². The Morgan fingerprint density at radius 3 is 2.75 bits per heavy atom. The number of rotatable bonds is 7. The quantitative estimate of drug-likeness (QED) is 0.492. The van der Waals surface area contributed by atoms with E-state index in [0.29, 0.717) is 16.5 Å². The lowest BCUT2D eigenvalue weighted by atomic mass is 10.0. The second-order valence-corrected chi connectivity index (χ2v) is 6.30. The summed E-state index contributed by atoms with van der Waals surface area (Å²) in [5, 5.41) is 23.5. The number of aromatic amines is 1. The first-order valence-electron chi connectivity index (χ1n) is 8.82. The summed E-state index contributed by atoms with van der Waals surface area (Å²) in [6.45, 7) is 0.290. The Morgan fingerprint density at radius 2 is 1.96 bits per heavy atom. The highest BCUT2D eigenvalue weighted by Crippen LogP contribution is 2.21. The van der Waals surface area contributed by atoms with Gasteiger partial charge in [0, 0.05) is 6.54 Å². The molecule has 4 N–H and O–H groups in total. The number of hydrogen-bond donors (Lipinski definition) is 4. The van der Waals surface area contributed by atoms with Crippen molar-refractivity contribution < 1.29 is 19.7 Å². The summed E-state index contributed by atoms with van der Waals surface area (Å²) in [4.78, 5) is 29.9. The molecule has 0 aliphatic rings. The molecular weight excluding hydrogens is 362 g/mol. The van der Waals surface area contributed by atoms with Crippen molar-refractivity contribution in [3.05, 3.63) is 76.3 Å². The smallest absolute Gasteiger partial charge is 0.407 e. The molecule has 1 amide bonds. The molecule has 0 aliphatic heterocycles. The lowest BCUT2D eigenvalue weighted by Crippen LogP contribution is -2.29. The van der Waals surface area contributed by atoms with Crippen LogP contribution in [0.4, 0.5) is 4.79 Å². The summed E-state index contributed by atoms with van der Waals surface area (Å²) in [6, 6.07) is 13.9. The number of aromatic nitrogens is 2. The molecule has 0 saturated heterocycles. The van der Waals surface area contributed by atoms with Gasteiger partial charge in [-0.1, -0.05) is 36.4 Å². The summed E-state index contributed by atoms with van der Waals surface area (Å²) in [5.41, 5.74) is 1.46. The molecule has 0 aliphatic carbocycles. The van der Waals surface area contributed by atoms with Gasteiger partial charge in [0.15, 0.2) is 0 Å². The first-order valence-corrected chi connectivity index (χ1v) is 8.82. The average molecular weight is 383 g/mol. The number of aliphatic hydroxyl groups is 2. The molecule has 28 heavy (non-hydrogen) atoms. The molecule has 0 fully saturated rings. The molecule has 8 heteroatoms. The second kappa shape index (κ2) is 9.12. The number of hydrogen-bond acceptors (Lipinski definition) is 6. The molecule has 1 heterocycles. The first-order chi connectivity index (χ1) is 13.5. The van der Waals surface area contributed by atoms with E-state index in [4.69, 9.17) is 4.74 Å². The monoisotopic (exact) mass is 383 g/mol. The molecule has 3 aromatic rings. The topological polar surface area (TPSA) is 125 Å². The van der Waals surface area contributed by atoms with Crippen LogP contribution < -0.4 is 10.9 Å². The van der Waals surface area contributed by atoms with E-state index in [-0.39, 0.29) is 25.1 Å². The number of benzene rings is 2. The Balaban J connectivity index is 1.48. The van der Waals surface area contributed by atoms with Crippen molar-refractivity contribution in [1.29, 1.82) is 0 Å². The van der Waals surface area contributed by atoms with E-state index in [1.54, 1.807) is 18.2 Å². The van der Waals surface area contributed by atoms with Crippen molar-refractivity contribution in [3.63, 3.8) is 0 Å². The van der Waals surface area contributed by atoms with Crippen LogP contribution >= 0.6 is 0 Å². The van der Waals surface area contributed by atoms with Gasteiger partial charge in [-0.05, 0) is 29.7 Å². The number of H-pyrrole nitrogens is 1. The van der Waals surface area contributed by atoms with Crippen LogP contribution in [-0.4, -0.2) is 38.9 Å². The van der Waals surface area contributed by atoms with E-state index in [9.17, 15) is 19.8 Å². The SMILES string of the molecule is O=C(NCCC(O)C(O)c1ccc2c(=O)[nH]cnc2c1)OCc1ccccc1. The van der Waals surface area contributed by atoms with Crippen LogP contribution in [0.5, 0.6) is 0 Å². The van der Waals surface area contributed by atoms with Crippen molar-refractivity contribution in [3.8, 4) is 0 Å². The minimum Gasteiger partial charge on any atom is -0.445 e. The fourth-order valence-electron chi connectivity index (χ4n) is 2.75. The Bertz CT molecular complexity index is 990. The zero-order valence-corrected chi connectivity index (χ0v) is 15.0. The molecule has 1 aromatic heterocycles. The van der Waals surface area contributed by atoms with Crippen LogP contribution in [0.1, 0.15) is 23.7 Å². The van der Waals surface area contributed by atoms with Crippen molar-refractivity contribution in [2.45, 2.75) is 25.2 Å². The summed E-state index contributed by atoms with van der Waals surface area (Å²) in [5.74, 6) is 0. The van der Waals surface area contributed by atoms with Crippen molar-refractivity contribution in [2.75, 3.05) is 6.54 Å². The number of fused-ring (bicyclic) bond motifs is 1. The van der Waals surface area contributed by atoms with Crippen molar-refractivity contribution >= 4 is 17.0 Å². The number of ether oxygens (including phenoxy) is 1. The van der Waals surface area contributed by atoms with Crippen LogP contribution in [-0.2, 0) is 11.3 Å². The largest absolute Gasteiger partial charge is 0.445 e. The third-order valence-corrected chi connectivity index (χ3v) is 4.29. The molecule has 8 nitrogen and oxygen atoms in total. The van der Waals surface area contributed by atoms with Crippen LogP contribution in [0.3, 0.4) is 0 Å². The molecule has 3 rings (SSSR count). The highest BCUT2D eigenvalue weighted by Gasteiger charge is 2.19. The molecule has 2 unspecified atom stereocenters. The maximum atomic E-state index is 11.7. The van der Waals surface area contributed by atoms with Crippen LogP contribution in [0, 0.1) is 0 Å². The van der Waals surface area contributed by atoms with E-state index >= 15 is 0 Å². The zero-order chi connectivity index (χ0) is 19.9. The van der Waals surface area contributed by atoms with E-state index in [1.807, 2.05) is 30.3 Å². The molecule has 0 bridgehead atoms. The zero-order valence-electron chi connectivity index (χ0n) is 15.0. The minimum atomic E-state index is -1.17. The summed E-state index contributed by atoms with van der Waals surface area (Å²) < 4.78 is 5.08. The van der Waals surface area contributed by atoms with Gasteiger partial charge in [0.1, 0.15) is 12.7 Å². The summed E-state index contributed by atoms with van der Waals surface area (Å²) in [6.07, 6.45) is -1.47. The molecule has 0 spiro atoms. The highest BCUT2D eigenvalue weighted by molar-refractivity contribution is 5.77. The molecule has 0 saturated carbocycles. The summed E-state index contributed by atoms with van der Waals surface area (Å²) >= 11 is 0. The van der Waals surface area contributed by atoms with Gasteiger partial charge in [-0.3, -0.25) is 4.79 Å². The Labute approximate surface area is 160 Å². The maximum Gasteiger partial charge on any atom is 0.407 e. The van der Waals surface area contributed by atoms with Gasteiger partial charge in [0.25, 0.3) is 5.56 Å². The lowest BCUT2D eigenvalue weighted by molar-refractivity contribution is 0.0137. The lowest BCUT2D eigenvalue weighted by Gasteiger charge is -2.18. The van der Waals surface area contributed by atoms with E-state index in [0.717, 1.165) is 5.56 Å². The normalized spacial score (nSPS) is 13.1. The molecule has 146 valence electrons. The van der Waals surface area contributed by atoms with E-state index in [1.165, 1.54) is 6.33 Å². The number of alkyl carbamates (subject to hydrolysis) is 1. The highest BCUT2D eigenvalue weighted by atomic mass is 16.5. The van der Waals surface area contributed by atoms with Gasteiger partial charge in [-0.2, -0.15) is 0 Å². The van der Waals surface area contributed by atoms with Crippen LogP contribution in [0.25, 0.3) is 10.9 Å². The molecule has 0 radical (unpaired) electrons. The fraction of sp³-hybridized carbons (Fsp3) is 0.250. The Morgan fingerprint density at radius 1 is 1.18 bits per heavy atom. The minimum absolute atomic E-state index is 0.127. The first kappa shape index (κ1) is 19.5. The fourth-order valence-corrected chi connectivity index (χ4v) is 2.75. The van der Waals surface area contributed by atoms with Gasteiger partial charge in [-0.25, -0.2) is 9.78 Å². The van der Waals surface area contributed by atoms with Gasteiger partial charge in [0.05, 0.1) is 23.3 Å². The third-order valence-electron chi connectivity index (χ3n) is 4.29. The Hall–Kier alpha value is -3.23. The number of carbonyl (C=O) groups is 1. The van der Waals surface area contributed by atoms with Gasteiger partial charge >= 0.3 is 6.09 Å². The van der Waals surface area contributed by atoms with Gasteiger partial charge in [0.2, 0.25) is 0 Å². The number of nitrogens with one attached hydrogen (secondary N) is 2. The van der Waals surface area contributed by atoms with Gasteiger partial charge in [-0.15, -0.1) is 0 Å². The second-order valence-electron chi connectivity index (χ2n) is 6.30. The molecular formula is C20H21N3O5.